The van der Waals surface area contributed by atoms with Gasteiger partial charge in [0.15, 0.2) is 5.78 Å². The molecule has 2 unspecified atom stereocenters. The Morgan fingerprint density at radius 2 is 1.77 bits per heavy atom. The number of hydrogen-bond acceptors (Lipinski definition) is 3. The zero-order valence-electron chi connectivity index (χ0n) is 22.1. The maximum atomic E-state index is 12.8. The van der Waals surface area contributed by atoms with Crippen LogP contribution in [-0.2, 0) is 20.9 Å². The number of ether oxygens (including phenoxy) is 2. The number of carbonyl (C=O) groups is 1. The fourth-order valence-corrected chi connectivity index (χ4v) is 3.70. The van der Waals surface area contributed by atoms with Crippen LogP contribution in [0.25, 0.3) is 0 Å². The molecular formula is C32H40O3. The van der Waals surface area contributed by atoms with Gasteiger partial charge in [-0.3, -0.25) is 4.79 Å². The summed E-state index contributed by atoms with van der Waals surface area (Å²) in [6.07, 6.45) is 15.8. The standard InChI is InChI=1S/C32H40O3/c1-7-12-30(18-19-31(33)22-29-16-11-13-24(2)25(3)21-29)32(27(5)34-6)20-17-26(4)35-23-28-14-9-8-10-15-28/h8-10,13-21,26-27H,7,12,22-23H2,1-6H3/b19-18+,20-17?,32-30+. The average Bonchev–Trinajstić information content (AvgIpc) is 3.01. The van der Waals surface area contributed by atoms with Gasteiger partial charge in [0.05, 0.1) is 18.8 Å². The van der Waals surface area contributed by atoms with Crippen molar-refractivity contribution in [3.8, 4) is 0 Å². The van der Waals surface area contributed by atoms with Crippen LogP contribution < -0.4 is 0 Å². The Balaban J connectivity index is 2.17. The molecule has 0 fully saturated rings. The zero-order valence-corrected chi connectivity index (χ0v) is 22.1. The molecule has 0 heterocycles. The third-order valence-corrected chi connectivity index (χ3v) is 6.03. The van der Waals surface area contributed by atoms with Crippen molar-refractivity contribution in [3.63, 3.8) is 0 Å². The maximum Gasteiger partial charge on any atom is 0.160 e. The van der Waals surface area contributed by atoms with E-state index in [1.54, 1.807) is 13.2 Å². The second-order valence-electron chi connectivity index (χ2n) is 8.99. The Morgan fingerprint density at radius 3 is 2.46 bits per heavy atom. The summed E-state index contributed by atoms with van der Waals surface area (Å²) in [6.45, 7) is 10.9. The van der Waals surface area contributed by atoms with Gasteiger partial charge in [0.1, 0.15) is 0 Å². The topological polar surface area (TPSA) is 35.5 Å². The van der Waals surface area contributed by atoms with E-state index < -0.39 is 0 Å². The van der Waals surface area contributed by atoms with Crippen LogP contribution >= 0.6 is 0 Å². The lowest BCUT2D eigenvalue weighted by Gasteiger charge is -2.17. The number of ketones is 1. The van der Waals surface area contributed by atoms with E-state index in [-0.39, 0.29) is 18.0 Å². The van der Waals surface area contributed by atoms with Gasteiger partial charge in [-0.1, -0.05) is 68.0 Å². The van der Waals surface area contributed by atoms with Crippen molar-refractivity contribution in [2.45, 2.75) is 72.7 Å². The monoisotopic (exact) mass is 472 g/mol. The van der Waals surface area contributed by atoms with Gasteiger partial charge in [0.2, 0.25) is 0 Å². The highest BCUT2D eigenvalue weighted by Gasteiger charge is 2.11. The molecule has 0 amide bonds. The highest BCUT2D eigenvalue weighted by Crippen LogP contribution is 2.21. The molecule has 0 spiro atoms. The first-order chi connectivity index (χ1) is 16.8. The lowest BCUT2D eigenvalue weighted by molar-refractivity contribution is -0.113. The molecule has 0 saturated carbocycles. The van der Waals surface area contributed by atoms with E-state index in [1.165, 1.54) is 5.57 Å². The van der Waals surface area contributed by atoms with Crippen molar-refractivity contribution in [3.05, 3.63) is 112 Å². The summed E-state index contributed by atoms with van der Waals surface area (Å²) in [7, 11) is 1.71. The molecule has 186 valence electrons. The maximum absolute atomic E-state index is 12.8. The zero-order chi connectivity index (χ0) is 25.6. The summed E-state index contributed by atoms with van der Waals surface area (Å²) in [5.74, 6) is 0.0724. The summed E-state index contributed by atoms with van der Waals surface area (Å²) < 4.78 is 11.7. The number of hydrogen-bond donors (Lipinski definition) is 0. The molecule has 0 N–H and O–H groups in total. The number of rotatable bonds is 13. The molecule has 35 heavy (non-hydrogen) atoms. The van der Waals surface area contributed by atoms with Gasteiger partial charge < -0.3 is 9.47 Å². The third kappa shape index (κ3) is 10.0. The minimum atomic E-state index is -0.0951. The van der Waals surface area contributed by atoms with E-state index in [0.717, 1.165) is 40.7 Å². The minimum Gasteiger partial charge on any atom is -0.377 e. The Bertz CT molecular complexity index is 1060. The lowest BCUT2D eigenvalue weighted by atomic mass is 9.97. The summed E-state index contributed by atoms with van der Waals surface area (Å²) in [5.41, 5.74) is 9.79. The molecule has 1 aliphatic carbocycles. The first kappa shape index (κ1) is 28.3. The van der Waals surface area contributed by atoms with E-state index in [1.807, 2.05) is 50.3 Å². The highest BCUT2D eigenvalue weighted by atomic mass is 16.5. The predicted molar refractivity (Wildman–Crippen MR) is 146 cm³/mol. The van der Waals surface area contributed by atoms with Crippen LogP contribution in [0.3, 0.4) is 0 Å². The fraction of sp³-hybridized carbons (Fsp3) is 0.375. The quantitative estimate of drug-likeness (QED) is 0.167. The Labute approximate surface area is 211 Å². The predicted octanol–water partition coefficient (Wildman–Crippen LogP) is 7.78. The normalized spacial score (nSPS) is 16.5. The van der Waals surface area contributed by atoms with Crippen LogP contribution in [0.2, 0.25) is 0 Å². The molecule has 3 nitrogen and oxygen atoms in total. The van der Waals surface area contributed by atoms with Gasteiger partial charge >= 0.3 is 0 Å². The molecule has 1 aromatic rings. The van der Waals surface area contributed by atoms with Crippen molar-refractivity contribution in [2.24, 2.45) is 0 Å². The van der Waals surface area contributed by atoms with Crippen LogP contribution in [0.4, 0.5) is 0 Å². The van der Waals surface area contributed by atoms with Gasteiger partial charge in [-0.15, -0.1) is 5.73 Å². The van der Waals surface area contributed by atoms with Crippen LogP contribution in [0.5, 0.6) is 0 Å². The molecule has 1 aromatic carbocycles. The van der Waals surface area contributed by atoms with E-state index in [9.17, 15) is 4.79 Å². The third-order valence-electron chi connectivity index (χ3n) is 6.03. The van der Waals surface area contributed by atoms with E-state index in [2.05, 4.69) is 56.9 Å². The highest BCUT2D eigenvalue weighted by molar-refractivity contribution is 5.92. The largest absolute Gasteiger partial charge is 0.377 e. The Kier molecular flexibility index (Phi) is 12.2. The second kappa shape index (κ2) is 15.1. The minimum absolute atomic E-state index is 0.0514. The van der Waals surface area contributed by atoms with Crippen LogP contribution in [-0.4, -0.2) is 25.1 Å². The van der Waals surface area contributed by atoms with Crippen molar-refractivity contribution < 1.29 is 14.3 Å². The van der Waals surface area contributed by atoms with Crippen molar-refractivity contribution in [1.82, 2.24) is 0 Å². The molecule has 0 aromatic heterocycles. The first-order valence-electron chi connectivity index (χ1n) is 12.4. The molecule has 2 rings (SSSR count). The van der Waals surface area contributed by atoms with E-state index in [4.69, 9.17) is 9.47 Å². The number of benzene rings is 1. The molecular weight excluding hydrogens is 432 g/mol. The molecule has 2 atom stereocenters. The van der Waals surface area contributed by atoms with E-state index in [0.29, 0.717) is 13.0 Å². The van der Waals surface area contributed by atoms with Crippen LogP contribution in [0, 0.1) is 0 Å². The molecule has 0 aliphatic heterocycles. The smallest absolute Gasteiger partial charge is 0.160 e. The molecule has 0 radical (unpaired) electrons. The molecule has 0 saturated heterocycles. The molecule has 3 heteroatoms. The van der Waals surface area contributed by atoms with Crippen molar-refractivity contribution >= 4 is 5.78 Å². The van der Waals surface area contributed by atoms with Crippen LogP contribution in [0.15, 0.2) is 106 Å². The van der Waals surface area contributed by atoms with Gasteiger partial charge in [-0.05, 0) is 85.8 Å². The second-order valence-corrected chi connectivity index (χ2v) is 8.99. The first-order valence-corrected chi connectivity index (χ1v) is 12.4. The van der Waals surface area contributed by atoms with Crippen LogP contribution in [0.1, 0.15) is 59.4 Å². The van der Waals surface area contributed by atoms with E-state index >= 15 is 0 Å². The summed E-state index contributed by atoms with van der Waals surface area (Å²) in [5, 5.41) is 0. The van der Waals surface area contributed by atoms with Crippen molar-refractivity contribution in [1.29, 1.82) is 0 Å². The van der Waals surface area contributed by atoms with Gasteiger partial charge in [-0.2, -0.15) is 0 Å². The van der Waals surface area contributed by atoms with Gasteiger partial charge in [-0.25, -0.2) is 0 Å². The number of allylic oxidation sites excluding steroid dienone is 8. The van der Waals surface area contributed by atoms with Gasteiger partial charge in [0, 0.05) is 13.5 Å². The lowest BCUT2D eigenvalue weighted by Crippen LogP contribution is -2.11. The molecule has 1 aliphatic rings. The fourth-order valence-electron chi connectivity index (χ4n) is 3.70. The summed E-state index contributed by atoms with van der Waals surface area (Å²) >= 11 is 0. The SMILES string of the molecule is CCCC(/C=C/C(=O)CC1=CC(C)=C(C)C=C=C1)=C(/C=CC(C)OCc1ccccc1)C(C)OC. The van der Waals surface area contributed by atoms with Crippen molar-refractivity contribution in [2.75, 3.05) is 7.11 Å². The molecule has 0 bridgehead atoms. The summed E-state index contributed by atoms with van der Waals surface area (Å²) in [6, 6.07) is 10.2. The Morgan fingerprint density at radius 1 is 1.03 bits per heavy atom. The summed E-state index contributed by atoms with van der Waals surface area (Å²) in [4.78, 5) is 12.8. The van der Waals surface area contributed by atoms with Gasteiger partial charge in [0.25, 0.3) is 0 Å². The Hall–Kier alpha value is -2.97. The number of methoxy groups -OCH3 is 1. The number of carbonyl (C=O) groups excluding carboxylic acids is 1. The average molecular weight is 473 g/mol.